The summed E-state index contributed by atoms with van der Waals surface area (Å²) in [5.74, 6) is -8.31. The van der Waals surface area contributed by atoms with E-state index in [0.717, 1.165) is 11.6 Å². The predicted octanol–water partition coefficient (Wildman–Crippen LogP) is 4.45. The maximum atomic E-state index is 13.5. The Morgan fingerprint density at radius 3 is 2.14 bits per heavy atom. The molecule has 1 heterocycles. The number of alkyl halides is 7. The smallest absolute Gasteiger partial charge is 0.269 e. The summed E-state index contributed by atoms with van der Waals surface area (Å²) in [6.07, 6.45) is -6.36. The van der Waals surface area contributed by atoms with Crippen LogP contribution in [0.25, 0.3) is 0 Å². The molecule has 0 N–H and O–H groups in total. The first kappa shape index (κ1) is 17.1. The minimum absolute atomic E-state index is 0.0759. The van der Waals surface area contributed by atoms with E-state index in [1.807, 2.05) is 0 Å². The standard InChI is InChI=1S/C13H15F7N2/c1-3-9-7(2)10(12(16,17)13(18,19)20)21-22(9)6-8-4-11(14,15)5-8/h8H,3-6H2,1-2H3. The van der Waals surface area contributed by atoms with Crippen molar-refractivity contribution in [2.45, 2.75) is 57.7 Å². The summed E-state index contributed by atoms with van der Waals surface area (Å²) in [5, 5.41) is 3.39. The molecule has 9 heteroatoms. The van der Waals surface area contributed by atoms with Crippen LogP contribution in [0.2, 0.25) is 0 Å². The summed E-state index contributed by atoms with van der Waals surface area (Å²) >= 11 is 0. The fraction of sp³-hybridized carbons (Fsp3) is 0.769. The Balaban J connectivity index is 2.31. The van der Waals surface area contributed by atoms with Crippen molar-refractivity contribution in [1.29, 1.82) is 0 Å². The van der Waals surface area contributed by atoms with Gasteiger partial charge < -0.3 is 0 Å². The monoisotopic (exact) mass is 332 g/mol. The van der Waals surface area contributed by atoms with E-state index < -0.39 is 42.5 Å². The van der Waals surface area contributed by atoms with Crippen LogP contribution in [-0.4, -0.2) is 21.9 Å². The van der Waals surface area contributed by atoms with E-state index in [0.29, 0.717) is 0 Å². The summed E-state index contributed by atoms with van der Waals surface area (Å²) in [6.45, 7) is 2.66. The van der Waals surface area contributed by atoms with Crippen molar-refractivity contribution in [2.75, 3.05) is 0 Å². The highest BCUT2D eigenvalue weighted by atomic mass is 19.4. The van der Waals surface area contributed by atoms with Crippen LogP contribution in [0.3, 0.4) is 0 Å². The molecule has 0 aliphatic heterocycles. The second-order valence-electron chi connectivity index (χ2n) is 5.66. The molecule has 0 saturated heterocycles. The van der Waals surface area contributed by atoms with Crippen molar-refractivity contribution in [2.24, 2.45) is 5.92 Å². The first-order chi connectivity index (χ1) is 9.89. The van der Waals surface area contributed by atoms with Gasteiger partial charge in [0.25, 0.3) is 0 Å². The van der Waals surface area contributed by atoms with Crippen molar-refractivity contribution in [1.82, 2.24) is 9.78 Å². The molecule has 1 saturated carbocycles. The highest BCUT2D eigenvalue weighted by molar-refractivity contribution is 5.29. The van der Waals surface area contributed by atoms with Crippen LogP contribution >= 0.6 is 0 Å². The molecule has 1 aromatic rings. The molecule has 1 fully saturated rings. The Morgan fingerprint density at radius 1 is 1.18 bits per heavy atom. The van der Waals surface area contributed by atoms with E-state index in [1.165, 1.54) is 0 Å². The Bertz CT molecular complexity index is 551. The first-order valence-electron chi connectivity index (χ1n) is 6.78. The lowest BCUT2D eigenvalue weighted by molar-refractivity contribution is -0.291. The summed E-state index contributed by atoms with van der Waals surface area (Å²) in [4.78, 5) is 0. The molecule has 2 nitrogen and oxygen atoms in total. The van der Waals surface area contributed by atoms with E-state index in [-0.39, 0.29) is 24.2 Å². The van der Waals surface area contributed by atoms with E-state index in [2.05, 4.69) is 5.10 Å². The van der Waals surface area contributed by atoms with Gasteiger partial charge in [-0.05, 0) is 24.8 Å². The lowest BCUT2D eigenvalue weighted by Gasteiger charge is -2.35. The maximum Gasteiger partial charge on any atom is 0.459 e. The summed E-state index contributed by atoms with van der Waals surface area (Å²) in [7, 11) is 0. The van der Waals surface area contributed by atoms with Gasteiger partial charge in [0.1, 0.15) is 5.69 Å². The van der Waals surface area contributed by atoms with Crippen molar-refractivity contribution >= 4 is 0 Å². The Hall–Kier alpha value is -1.28. The fourth-order valence-electron chi connectivity index (χ4n) is 2.78. The first-order valence-corrected chi connectivity index (χ1v) is 6.78. The molecule has 1 aliphatic carbocycles. The summed E-state index contributed by atoms with van der Waals surface area (Å²) in [5.41, 5.74) is -1.37. The fourth-order valence-corrected chi connectivity index (χ4v) is 2.78. The van der Waals surface area contributed by atoms with Crippen LogP contribution in [0.4, 0.5) is 30.7 Å². The molecular formula is C13H15F7N2. The second-order valence-corrected chi connectivity index (χ2v) is 5.66. The van der Waals surface area contributed by atoms with Gasteiger partial charge in [0.2, 0.25) is 5.92 Å². The van der Waals surface area contributed by atoms with E-state index >= 15 is 0 Å². The highest BCUT2D eigenvalue weighted by Crippen LogP contribution is 2.46. The highest BCUT2D eigenvalue weighted by Gasteiger charge is 2.61. The molecular weight excluding hydrogens is 317 g/mol. The minimum atomic E-state index is -5.74. The number of aromatic nitrogens is 2. The number of nitrogens with zero attached hydrogens (tertiary/aromatic N) is 2. The molecule has 22 heavy (non-hydrogen) atoms. The molecule has 0 radical (unpaired) electrons. The van der Waals surface area contributed by atoms with Crippen molar-refractivity contribution in [3.8, 4) is 0 Å². The molecule has 2 rings (SSSR count). The third-order valence-corrected chi connectivity index (χ3v) is 3.91. The molecule has 1 aromatic heterocycles. The third-order valence-electron chi connectivity index (χ3n) is 3.91. The van der Waals surface area contributed by atoms with Gasteiger partial charge in [0.05, 0.1) is 0 Å². The lowest BCUT2D eigenvalue weighted by Crippen LogP contribution is -2.38. The van der Waals surface area contributed by atoms with Crippen LogP contribution in [0.5, 0.6) is 0 Å². The van der Waals surface area contributed by atoms with Crippen molar-refractivity contribution in [3.63, 3.8) is 0 Å². The molecule has 0 atom stereocenters. The number of halogens is 7. The molecule has 0 spiro atoms. The third kappa shape index (κ3) is 2.81. The van der Waals surface area contributed by atoms with E-state index in [9.17, 15) is 30.7 Å². The number of rotatable bonds is 4. The SMILES string of the molecule is CCc1c(C)c(C(F)(F)C(F)(F)F)nn1CC1CC(F)(F)C1. The van der Waals surface area contributed by atoms with Crippen LogP contribution in [0, 0.1) is 12.8 Å². The average molecular weight is 332 g/mol. The zero-order chi connectivity index (χ0) is 16.9. The summed E-state index contributed by atoms with van der Waals surface area (Å²) in [6, 6.07) is 0. The summed E-state index contributed by atoms with van der Waals surface area (Å²) < 4.78 is 91.1. The zero-order valence-corrected chi connectivity index (χ0v) is 11.9. The molecule has 0 unspecified atom stereocenters. The van der Waals surface area contributed by atoms with Crippen LogP contribution < -0.4 is 0 Å². The van der Waals surface area contributed by atoms with Crippen LogP contribution in [0.1, 0.15) is 36.7 Å². The van der Waals surface area contributed by atoms with Crippen molar-refractivity contribution < 1.29 is 30.7 Å². The van der Waals surface area contributed by atoms with E-state index in [4.69, 9.17) is 0 Å². The molecule has 0 bridgehead atoms. The van der Waals surface area contributed by atoms with Gasteiger partial charge in [0, 0.05) is 25.1 Å². The quantitative estimate of drug-likeness (QED) is 0.745. The zero-order valence-electron chi connectivity index (χ0n) is 11.9. The molecule has 126 valence electrons. The molecule has 0 aromatic carbocycles. The van der Waals surface area contributed by atoms with Crippen molar-refractivity contribution in [3.05, 3.63) is 17.0 Å². The van der Waals surface area contributed by atoms with Crippen LogP contribution in [-0.2, 0) is 18.9 Å². The normalized spacial score (nSPS) is 19.3. The maximum absolute atomic E-state index is 13.5. The second kappa shape index (κ2) is 5.13. The van der Waals surface area contributed by atoms with Gasteiger partial charge >= 0.3 is 12.1 Å². The predicted molar refractivity (Wildman–Crippen MR) is 64.0 cm³/mol. The topological polar surface area (TPSA) is 17.8 Å². The van der Waals surface area contributed by atoms with E-state index in [1.54, 1.807) is 6.92 Å². The largest absolute Gasteiger partial charge is 0.459 e. The van der Waals surface area contributed by atoms with Gasteiger partial charge in [-0.1, -0.05) is 6.92 Å². The number of hydrogen-bond acceptors (Lipinski definition) is 1. The average Bonchev–Trinajstić information content (AvgIpc) is 2.62. The Morgan fingerprint density at radius 2 is 1.73 bits per heavy atom. The van der Waals surface area contributed by atoms with Crippen LogP contribution in [0.15, 0.2) is 0 Å². The lowest BCUT2D eigenvalue weighted by atomic mass is 9.81. The molecule has 1 aliphatic rings. The van der Waals surface area contributed by atoms with Gasteiger partial charge in [-0.2, -0.15) is 27.1 Å². The minimum Gasteiger partial charge on any atom is -0.269 e. The van der Waals surface area contributed by atoms with Gasteiger partial charge in [-0.15, -0.1) is 0 Å². The Kier molecular flexibility index (Phi) is 3.98. The Labute approximate surface area is 122 Å². The number of hydrogen-bond donors (Lipinski definition) is 0. The van der Waals surface area contributed by atoms with Gasteiger partial charge in [0.15, 0.2) is 0 Å². The van der Waals surface area contributed by atoms with Gasteiger partial charge in [-0.25, -0.2) is 8.78 Å². The molecule has 0 amide bonds. The van der Waals surface area contributed by atoms with Gasteiger partial charge in [-0.3, -0.25) is 4.68 Å².